The van der Waals surface area contributed by atoms with Crippen LogP contribution in [0.1, 0.15) is 20.8 Å². The molecule has 0 aromatic carbocycles. The van der Waals surface area contributed by atoms with E-state index in [-0.39, 0.29) is 5.31 Å². The van der Waals surface area contributed by atoms with Crippen molar-refractivity contribution in [1.82, 2.24) is 0 Å². The van der Waals surface area contributed by atoms with Crippen LogP contribution in [0.4, 0.5) is 0 Å². The number of rotatable bonds is 2. The molecule has 1 heteroatoms. The summed E-state index contributed by atoms with van der Waals surface area (Å²) in [6, 6.07) is 0. The van der Waals surface area contributed by atoms with Gasteiger partial charge in [-0.3, -0.25) is 0 Å². The van der Waals surface area contributed by atoms with Crippen molar-refractivity contribution in [3.63, 3.8) is 0 Å². The molecular formula is C8H13B. The number of allylic oxidation sites excluding steroid dienone is 3. The molecule has 0 atom stereocenters. The molecule has 0 saturated heterocycles. The minimum absolute atomic E-state index is 0.240. The second kappa shape index (κ2) is 2.91. The highest BCUT2D eigenvalue weighted by atomic mass is 14.1. The Kier molecular flexibility index (Phi) is 2.76. The summed E-state index contributed by atoms with van der Waals surface area (Å²) in [4.78, 5) is 0. The van der Waals surface area contributed by atoms with Crippen LogP contribution < -0.4 is 0 Å². The molecule has 2 radical (unpaired) electrons. The number of hydrogen-bond donors (Lipinski definition) is 0. The fourth-order valence-electron chi connectivity index (χ4n) is 0.753. The lowest BCUT2D eigenvalue weighted by Gasteiger charge is -2.19. The monoisotopic (exact) mass is 120 g/mol. The molecule has 0 fully saturated rings. The van der Waals surface area contributed by atoms with Gasteiger partial charge in [-0.05, 0) is 12.2 Å². The topological polar surface area (TPSA) is 0 Å². The molecule has 0 N–H and O–H groups in total. The Bertz CT molecular complexity index is 126. The van der Waals surface area contributed by atoms with Crippen molar-refractivity contribution in [2.75, 3.05) is 0 Å². The fourth-order valence-corrected chi connectivity index (χ4v) is 0.753. The second-order valence-electron chi connectivity index (χ2n) is 2.67. The predicted octanol–water partition coefficient (Wildman–Crippen LogP) is 2.49. The largest absolute Gasteiger partial charge is 0.0988 e. The zero-order valence-corrected chi connectivity index (χ0v) is 6.44. The van der Waals surface area contributed by atoms with Crippen LogP contribution in [0.25, 0.3) is 0 Å². The molecule has 0 aliphatic heterocycles. The van der Waals surface area contributed by atoms with E-state index in [1.165, 1.54) is 0 Å². The first-order chi connectivity index (χ1) is 4.02. The van der Waals surface area contributed by atoms with Gasteiger partial charge in [-0.25, -0.2) is 0 Å². The van der Waals surface area contributed by atoms with Gasteiger partial charge in [-0.15, -0.1) is 0 Å². The van der Waals surface area contributed by atoms with Crippen LogP contribution in [0, 0.1) is 0 Å². The highest BCUT2D eigenvalue weighted by Crippen LogP contribution is 2.29. The fraction of sp³-hybridized carbons (Fsp3) is 0.500. The van der Waals surface area contributed by atoms with E-state index in [0.29, 0.717) is 0 Å². The van der Waals surface area contributed by atoms with E-state index in [0.717, 1.165) is 5.57 Å². The van der Waals surface area contributed by atoms with Gasteiger partial charge in [0.2, 0.25) is 0 Å². The summed E-state index contributed by atoms with van der Waals surface area (Å²) in [5, 5.41) is -0.240. The second-order valence-corrected chi connectivity index (χ2v) is 2.67. The summed E-state index contributed by atoms with van der Waals surface area (Å²) >= 11 is 0. The molecule has 0 aromatic heterocycles. The van der Waals surface area contributed by atoms with E-state index in [4.69, 9.17) is 7.85 Å². The van der Waals surface area contributed by atoms with Crippen LogP contribution in [0.3, 0.4) is 0 Å². The van der Waals surface area contributed by atoms with Gasteiger partial charge in [0.25, 0.3) is 0 Å². The van der Waals surface area contributed by atoms with Gasteiger partial charge in [0.05, 0.1) is 7.85 Å². The Labute approximate surface area is 59.1 Å². The first kappa shape index (κ1) is 8.54. The minimum atomic E-state index is -0.240. The van der Waals surface area contributed by atoms with Crippen LogP contribution >= 0.6 is 0 Å². The molecule has 48 valence electrons. The zero-order chi connectivity index (χ0) is 7.49. The normalized spacial score (nSPS) is 13.4. The summed E-state index contributed by atoms with van der Waals surface area (Å²) in [6.07, 6.45) is 3.77. The third-order valence-corrected chi connectivity index (χ3v) is 1.27. The van der Waals surface area contributed by atoms with Crippen LogP contribution in [0.2, 0.25) is 5.31 Å². The Balaban J connectivity index is 4.32. The Hall–Kier alpha value is -0.455. The third-order valence-electron chi connectivity index (χ3n) is 1.27. The molecule has 0 aromatic rings. The van der Waals surface area contributed by atoms with E-state index < -0.39 is 0 Å². The van der Waals surface area contributed by atoms with Gasteiger partial charge in [-0.2, -0.15) is 0 Å². The van der Waals surface area contributed by atoms with E-state index in [9.17, 15) is 0 Å². The molecule has 0 bridgehead atoms. The molecule has 0 nitrogen and oxygen atoms in total. The Morgan fingerprint density at radius 3 is 2.00 bits per heavy atom. The summed E-state index contributed by atoms with van der Waals surface area (Å²) in [7, 11) is 5.76. The number of hydrogen-bond acceptors (Lipinski definition) is 0. The maximum Gasteiger partial charge on any atom is 0.0802 e. The van der Waals surface area contributed by atoms with Crippen LogP contribution in [0.5, 0.6) is 0 Å². The molecule has 0 rings (SSSR count). The first-order valence-corrected chi connectivity index (χ1v) is 3.10. The van der Waals surface area contributed by atoms with Crippen LogP contribution in [0.15, 0.2) is 24.3 Å². The molecular weight excluding hydrogens is 107 g/mol. The maximum atomic E-state index is 5.76. The van der Waals surface area contributed by atoms with Gasteiger partial charge in [-0.1, -0.05) is 38.2 Å². The lowest BCUT2D eigenvalue weighted by molar-refractivity contribution is 0.819. The van der Waals surface area contributed by atoms with Crippen molar-refractivity contribution in [3.8, 4) is 0 Å². The van der Waals surface area contributed by atoms with Gasteiger partial charge in [0.1, 0.15) is 0 Å². The maximum absolute atomic E-state index is 5.76. The average molecular weight is 120 g/mol. The Morgan fingerprint density at radius 1 is 1.56 bits per heavy atom. The molecule has 0 saturated carbocycles. The van der Waals surface area contributed by atoms with Crippen molar-refractivity contribution >= 4 is 7.85 Å². The van der Waals surface area contributed by atoms with E-state index in [1.807, 2.05) is 26.8 Å². The highest BCUT2D eigenvalue weighted by molar-refractivity contribution is 6.17. The summed E-state index contributed by atoms with van der Waals surface area (Å²) < 4.78 is 0. The van der Waals surface area contributed by atoms with Gasteiger partial charge in [0.15, 0.2) is 0 Å². The van der Waals surface area contributed by atoms with Gasteiger partial charge in [0, 0.05) is 0 Å². The van der Waals surface area contributed by atoms with E-state index >= 15 is 0 Å². The summed E-state index contributed by atoms with van der Waals surface area (Å²) in [5.41, 5.74) is 1.09. The lowest BCUT2D eigenvalue weighted by Crippen LogP contribution is -2.03. The van der Waals surface area contributed by atoms with Crippen LogP contribution in [-0.2, 0) is 0 Å². The smallest absolute Gasteiger partial charge is 0.0802 e. The van der Waals surface area contributed by atoms with Gasteiger partial charge >= 0.3 is 0 Å². The molecule has 0 spiro atoms. The molecule has 0 unspecified atom stereocenters. The minimum Gasteiger partial charge on any atom is -0.0988 e. The highest BCUT2D eigenvalue weighted by Gasteiger charge is 2.11. The molecule has 0 aliphatic carbocycles. The summed E-state index contributed by atoms with van der Waals surface area (Å²) in [6.45, 7) is 9.54. The predicted molar refractivity (Wildman–Crippen MR) is 43.7 cm³/mol. The van der Waals surface area contributed by atoms with E-state index in [2.05, 4.69) is 6.58 Å². The van der Waals surface area contributed by atoms with Gasteiger partial charge < -0.3 is 0 Å². The third kappa shape index (κ3) is 2.55. The molecule has 0 heterocycles. The first-order valence-electron chi connectivity index (χ1n) is 3.10. The van der Waals surface area contributed by atoms with Crippen molar-refractivity contribution in [3.05, 3.63) is 24.3 Å². The van der Waals surface area contributed by atoms with Crippen molar-refractivity contribution < 1.29 is 0 Å². The van der Waals surface area contributed by atoms with Crippen molar-refractivity contribution in [2.24, 2.45) is 0 Å². The molecule has 0 aliphatic rings. The SMILES string of the molecule is [B]C(C)(C)C(C=C)=CC. The molecule has 9 heavy (non-hydrogen) atoms. The standard InChI is InChI=1S/C8H13B/c1-5-7(6-2)8(3,4)9/h5-6H,1H2,2-4H3. The Morgan fingerprint density at radius 2 is 2.00 bits per heavy atom. The summed E-state index contributed by atoms with van der Waals surface area (Å²) in [5.74, 6) is 0. The lowest BCUT2D eigenvalue weighted by atomic mass is 9.67. The zero-order valence-electron chi connectivity index (χ0n) is 6.44. The van der Waals surface area contributed by atoms with E-state index in [1.54, 1.807) is 6.08 Å². The molecule has 0 amide bonds. The average Bonchev–Trinajstić information content (AvgIpc) is 1.65. The van der Waals surface area contributed by atoms with Crippen LogP contribution in [-0.4, -0.2) is 7.85 Å². The van der Waals surface area contributed by atoms with Crippen molar-refractivity contribution in [1.29, 1.82) is 0 Å². The van der Waals surface area contributed by atoms with Crippen molar-refractivity contribution in [2.45, 2.75) is 26.1 Å². The quantitative estimate of drug-likeness (QED) is 0.388.